The Balaban J connectivity index is 0. The van der Waals surface area contributed by atoms with Gasteiger partial charge < -0.3 is 15.6 Å². The number of nitrogens with zero attached hydrogens (tertiary/aromatic N) is 1. The molecular weight excluding hydrogens is 572 g/mol. The summed E-state index contributed by atoms with van der Waals surface area (Å²) < 4.78 is 29.3. The molecule has 0 bridgehead atoms. The van der Waals surface area contributed by atoms with Crippen LogP contribution < -0.4 is 4.74 Å². The fourth-order valence-electron chi connectivity index (χ4n) is 3.30. The lowest BCUT2D eigenvalue weighted by molar-refractivity contribution is -0.0504. The zero-order chi connectivity index (χ0) is 31.3. The fourth-order valence-corrected chi connectivity index (χ4v) is 3.71. The molecule has 1 atom stereocenters. The molecule has 7 heteroatoms. The predicted octanol–water partition coefficient (Wildman–Crippen LogP) is 11.2. The first-order valence-corrected chi connectivity index (χ1v) is 14.8. The van der Waals surface area contributed by atoms with Crippen molar-refractivity contribution >= 4 is 33.4 Å². The van der Waals surface area contributed by atoms with Crippen molar-refractivity contribution in [3.63, 3.8) is 0 Å². The molecular formula is C33H50BrF2N3O. The number of pyridine rings is 1. The zero-order valence-corrected chi connectivity index (χ0v) is 27.7. The molecule has 0 radical (unpaired) electrons. The molecule has 0 aliphatic heterocycles. The maximum atomic E-state index is 12.0. The minimum absolute atomic E-state index is 0.269. The molecule has 1 unspecified atom stereocenters. The van der Waals surface area contributed by atoms with Gasteiger partial charge in [0.15, 0.2) is 0 Å². The molecule has 4 nitrogen and oxygen atoms in total. The lowest BCUT2D eigenvalue weighted by Crippen LogP contribution is -2.04. The Bertz CT molecular complexity index is 1080. The lowest BCUT2D eigenvalue weighted by atomic mass is 10.0. The van der Waals surface area contributed by atoms with Crippen molar-refractivity contribution < 1.29 is 13.5 Å². The normalized spacial score (nSPS) is 10.8. The number of aryl methyl sites for hydroxylation is 2. The molecule has 2 N–H and O–H groups in total. The molecule has 1 aromatic carbocycles. The monoisotopic (exact) mass is 621 g/mol. The van der Waals surface area contributed by atoms with Crippen molar-refractivity contribution in [2.45, 2.75) is 102 Å². The number of ether oxygens (including phenoxy) is 1. The van der Waals surface area contributed by atoms with Crippen LogP contribution in [0.1, 0.15) is 104 Å². The first kappa shape index (κ1) is 39.5. The summed E-state index contributed by atoms with van der Waals surface area (Å²) in [6, 6.07) is 6.99. The van der Waals surface area contributed by atoms with Crippen LogP contribution in [0.15, 0.2) is 52.7 Å². The van der Waals surface area contributed by atoms with E-state index >= 15 is 0 Å². The summed E-state index contributed by atoms with van der Waals surface area (Å²) in [4.78, 5) is 4.30. The number of alkyl halides is 2. The first-order chi connectivity index (χ1) is 18.9. The van der Waals surface area contributed by atoms with E-state index < -0.39 is 6.61 Å². The van der Waals surface area contributed by atoms with E-state index in [0.29, 0.717) is 5.71 Å². The Labute approximate surface area is 250 Å². The molecule has 40 heavy (non-hydrogen) atoms. The van der Waals surface area contributed by atoms with Gasteiger partial charge in [-0.1, -0.05) is 88.0 Å². The average molecular weight is 623 g/mol. The van der Waals surface area contributed by atoms with Crippen LogP contribution in [0.3, 0.4) is 0 Å². The summed E-state index contributed by atoms with van der Waals surface area (Å²) in [5.41, 5.74) is 5.93. The Morgan fingerprint density at radius 3 is 2.15 bits per heavy atom. The molecule has 0 aliphatic carbocycles. The van der Waals surface area contributed by atoms with Crippen LogP contribution in [0, 0.1) is 23.7 Å². The molecule has 1 aromatic heterocycles. The standard InChI is InChI=1S/C13H17N3.C10H11BrF2O.C8H16.C2H6/c1-8(2)11(6-14)13-5-9(3)12(7-16-13)10(4)15;1-2-3-7-6-8(11)4-5-9(7)14-10(12)13;1-4-6-7-8(3)5-2;1-2/h5-7,14-15H,1-4H3;4-6,10H,2-3H2,1H3;6-8H,4-5H2,1-3H3;1-2H3/b;;7-6-;. The SMILES string of the molecule is CC.CC(=N)c1cnc(C(C=N)=C(C)C)cc1C.CC/C=C\C(C)CC.CCCc1cc(Br)ccc1OC(F)F. The maximum absolute atomic E-state index is 12.0. The smallest absolute Gasteiger partial charge is 0.387 e. The summed E-state index contributed by atoms with van der Waals surface area (Å²) in [6.07, 6.45) is 11.6. The second-order valence-electron chi connectivity index (χ2n) is 9.17. The quantitative estimate of drug-likeness (QED) is 0.204. The van der Waals surface area contributed by atoms with Crippen LogP contribution in [0.4, 0.5) is 8.78 Å². The zero-order valence-electron chi connectivity index (χ0n) is 26.1. The van der Waals surface area contributed by atoms with Crippen LogP contribution in [0.5, 0.6) is 5.75 Å². The van der Waals surface area contributed by atoms with Gasteiger partial charge in [0.1, 0.15) is 5.75 Å². The van der Waals surface area contributed by atoms with E-state index in [1.165, 1.54) is 19.1 Å². The van der Waals surface area contributed by atoms with Crippen molar-refractivity contribution in [3.05, 3.63) is 75.0 Å². The van der Waals surface area contributed by atoms with Gasteiger partial charge in [-0.25, -0.2) is 0 Å². The van der Waals surface area contributed by atoms with Crippen LogP contribution in [-0.4, -0.2) is 23.5 Å². The summed E-state index contributed by atoms with van der Waals surface area (Å²) in [7, 11) is 0. The number of nitrogens with one attached hydrogen (secondary N) is 2. The second-order valence-corrected chi connectivity index (χ2v) is 10.1. The molecule has 2 aromatic rings. The molecule has 2 rings (SSSR count). The number of aromatic nitrogens is 1. The molecule has 224 valence electrons. The highest BCUT2D eigenvalue weighted by molar-refractivity contribution is 9.10. The highest BCUT2D eigenvalue weighted by atomic mass is 79.9. The van der Waals surface area contributed by atoms with Gasteiger partial charge in [-0.05, 0) is 81.8 Å². The van der Waals surface area contributed by atoms with Gasteiger partial charge in [-0.3, -0.25) is 4.98 Å². The Morgan fingerprint density at radius 2 is 1.73 bits per heavy atom. The number of halogens is 3. The van der Waals surface area contributed by atoms with Crippen molar-refractivity contribution in [2.24, 2.45) is 5.92 Å². The number of benzene rings is 1. The van der Waals surface area contributed by atoms with Crippen LogP contribution in [-0.2, 0) is 6.42 Å². The van der Waals surface area contributed by atoms with Gasteiger partial charge in [0, 0.05) is 33.7 Å². The van der Waals surface area contributed by atoms with Gasteiger partial charge >= 0.3 is 6.61 Å². The highest BCUT2D eigenvalue weighted by Crippen LogP contribution is 2.25. The van der Waals surface area contributed by atoms with Gasteiger partial charge in [0.25, 0.3) is 0 Å². The second kappa shape index (κ2) is 23.1. The van der Waals surface area contributed by atoms with E-state index in [9.17, 15) is 8.78 Å². The van der Waals surface area contributed by atoms with Crippen LogP contribution >= 0.6 is 15.9 Å². The number of allylic oxidation sites excluding steroid dienone is 4. The summed E-state index contributed by atoms with van der Waals surface area (Å²) in [5, 5.41) is 15.0. The Kier molecular flexibility index (Phi) is 22.8. The molecule has 0 saturated heterocycles. The van der Waals surface area contributed by atoms with Gasteiger partial charge in [0.05, 0.1) is 5.69 Å². The number of hydrogen-bond donors (Lipinski definition) is 2. The molecule has 0 amide bonds. The molecule has 0 aliphatic rings. The van der Waals surface area contributed by atoms with Crippen molar-refractivity contribution in [1.29, 1.82) is 10.8 Å². The first-order valence-electron chi connectivity index (χ1n) is 14.0. The van der Waals surface area contributed by atoms with Crippen molar-refractivity contribution in [2.75, 3.05) is 0 Å². The molecule has 0 fully saturated rings. The predicted molar refractivity (Wildman–Crippen MR) is 174 cm³/mol. The molecule has 1 heterocycles. The summed E-state index contributed by atoms with van der Waals surface area (Å²) in [6.45, 7) is 17.5. The van der Waals surface area contributed by atoms with E-state index in [-0.39, 0.29) is 5.75 Å². The topological polar surface area (TPSA) is 69.8 Å². The summed E-state index contributed by atoms with van der Waals surface area (Å²) >= 11 is 3.29. The fraction of sp³-hybridized carbons (Fsp3) is 0.485. The third kappa shape index (κ3) is 16.4. The minimum atomic E-state index is -2.76. The number of hydrogen-bond acceptors (Lipinski definition) is 4. The number of rotatable bonds is 10. The summed E-state index contributed by atoms with van der Waals surface area (Å²) in [5.74, 6) is 1.04. The molecule has 0 saturated carbocycles. The van der Waals surface area contributed by atoms with E-state index in [2.05, 4.69) is 58.6 Å². The van der Waals surface area contributed by atoms with E-state index in [4.69, 9.17) is 10.8 Å². The largest absolute Gasteiger partial charge is 0.435 e. The maximum Gasteiger partial charge on any atom is 0.387 e. The van der Waals surface area contributed by atoms with Crippen LogP contribution in [0.25, 0.3) is 5.57 Å². The third-order valence-corrected chi connectivity index (χ3v) is 6.07. The van der Waals surface area contributed by atoms with Crippen molar-refractivity contribution in [3.8, 4) is 5.75 Å². The van der Waals surface area contributed by atoms with E-state index in [1.54, 1.807) is 31.3 Å². The Hall–Kier alpha value is -2.67. The molecule has 0 spiro atoms. The van der Waals surface area contributed by atoms with Gasteiger partial charge in [-0.2, -0.15) is 8.78 Å². The third-order valence-electron chi connectivity index (χ3n) is 5.58. The Morgan fingerprint density at radius 1 is 1.10 bits per heavy atom. The van der Waals surface area contributed by atoms with Gasteiger partial charge in [0.2, 0.25) is 0 Å². The van der Waals surface area contributed by atoms with Crippen LogP contribution in [0.2, 0.25) is 0 Å². The minimum Gasteiger partial charge on any atom is -0.435 e. The highest BCUT2D eigenvalue weighted by Gasteiger charge is 2.09. The lowest BCUT2D eigenvalue weighted by Gasteiger charge is -2.10. The van der Waals surface area contributed by atoms with Gasteiger partial charge in [-0.15, -0.1) is 0 Å². The van der Waals surface area contributed by atoms with Crippen molar-refractivity contribution in [1.82, 2.24) is 4.98 Å². The van der Waals surface area contributed by atoms with E-state index in [0.717, 1.165) is 56.8 Å². The van der Waals surface area contributed by atoms with E-state index in [1.807, 2.05) is 47.6 Å². The average Bonchev–Trinajstić information content (AvgIpc) is 2.90.